The van der Waals surface area contributed by atoms with Gasteiger partial charge in [0, 0.05) is 28.4 Å². The molecule has 45 heavy (non-hydrogen) atoms. The molecule has 6 heteroatoms. The number of fused-ring (bicyclic) bond motifs is 2. The first-order valence-electron chi connectivity index (χ1n) is 15.5. The topological polar surface area (TPSA) is 58.6 Å². The van der Waals surface area contributed by atoms with Gasteiger partial charge in [-0.3, -0.25) is 0 Å². The van der Waals surface area contributed by atoms with E-state index in [1.807, 2.05) is 12.1 Å². The SMILES string of the molecule is CC(C)(C)c1cc(C(C)(C)c2ccccc2)cc2c1OP(=O)([O-])Oc1c(cc(C(C)(C)c3ccccc3)cc1C(C)(C)C)C2.[Na+]. The predicted octanol–water partition coefficient (Wildman–Crippen LogP) is 6.77. The summed E-state index contributed by atoms with van der Waals surface area (Å²) in [4.78, 5) is 13.7. The molecule has 0 atom stereocenters. The van der Waals surface area contributed by atoms with Gasteiger partial charge in [-0.05, 0) is 44.2 Å². The normalized spacial score (nSPS) is 14.9. The van der Waals surface area contributed by atoms with Crippen LogP contribution >= 0.6 is 7.82 Å². The molecule has 0 aliphatic carbocycles. The van der Waals surface area contributed by atoms with Gasteiger partial charge >= 0.3 is 37.4 Å². The summed E-state index contributed by atoms with van der Waals surface area (Å²) in [7, 11) is -4.79. The van der Waals surface area contributed by atoms with Crippen molar-refractivity contribution in [3.63, 3.8) is 0 Å². The fourth-order valence-corrected chi connectivity index (χ4v) is 7.10. The largest absolute Gasteiger partial charge is 1.00 e. The molecule has 0 unspecified atom stereocenters. The first-order valence-corrected chi connectivity index (χ1v) is 16.9. The van der Waals surface area contributed by atoms with Crippen molar-refractivity contribution in [3.8, 4) is 11.5 Å². The van der Waals surface area contributed by atoms with Crippen LogP contribution in [0.1, 0.15) is 114 Å². The van der Waals surface area contributed by atoms with Gasteiger partial charge in [-0.25, -0.2) is 4.57 Å². The average molecular weight is 633 g/mol. The Morgan fingerprint density at radius 1 is 0.556 bits per heavy atom. The van der Waals surface area contributed by atoms with Gasteiger partial charge in [-0.2, -0.15) is 0 Å². The van der Waals surface area contributed by atoms with E-state index in [1.54, 1.807) is 0 Å². The van der Waals surface area contributed by atoms with Gasteiger partial charge in [0.25, 0.3) is 0 Å². The maximum atomic E-state index is 13.7. The molecule has 232 valence electrons. The second kappa shape index (κ2) is 12.4. The minimum absolute atomic E-state index is 0. The van der Waals surface area contributed by atoms with Crippen molar-refractivity contribution in [1.29, 1.82) is 0 Å². The van der Waals surface area contributed by atoms with Crippen molar-refractivity contribution in [2.75, 3.05) is 0 Å². The summed E-state index contributed by atoms with van der Waals surface area (Å²) >= 11 is 0. The van der Waals surface area contributed by atoms with E-state index in [0.29, 0.717) is 17.9 Å². The van der Waals surface area contributed by atoms with Crippen molar-refractivity contribution >= 4 is 7.82 Å². The zero-order valence-electron chi connectivity index (χ0n) is 28.9. The molecule has 0 aromatic heterocycles. The van der Waals surface area contributed by atoms with Crippen molar-refractivity contribution in [3.05, 3.63) is 129 Å². The molecular weight excluding hydrogens is 586 g/mol. The minimum Gasteiger partial charge on any atom is -0.736 e. The van der Waals surface area contributed by atoms with Crippen molar-refractivity contribution in [1.82, 2.24) is 0 Å². The Balaban J connectivity index is 0.00000461. The molecule has 0 bridgehead atoms. The molecule has 0 saturated heterocycles. The predicted molar refractivity (Wildman–Crippen MR) is 179 cm³/mol. The van der Waals surface area contributed by atoms with Crippen LogP contribution in [-0.4, -0.2) is 0 Å². The Hall–Kier alpha value is -2.33. The molecule has 4 aromatic carbocycles. The van der Waals surface area contributed by atoms with E-state index in [2.05, 4.69) is 142 Å². The molecular formula is C39H46NaO4P. The summed E-state index contributed by atoms with van der Waals surface area (Å²) in [6, 6.07) is 29.4. The van der Waals surface area contributed by atoms with E-state index >= 15 is 0 Å². The van der Waals surface area contributed by atoms with Crippen LogP contribution in [0.4, 0.5) is 0 Å². The number of hydrogen-bond donors (Lipinski definition) is 0. The maximum Gasteiger partial charge on any atom is 1.00 e. The second-order valence-corrected chi connectivity index (χ2v) is 16.6. The summed E-state index contributed by atoms with van der Waals surface area (Å²) in [5.74, 6) is 0.748. The minimum atomic E-state index is -4.79. The number of rotatable bonds is 4. The monoisotopic (exact) mass is 632 g/mol. The standard InChI is InChI=1S/C39H47O4P.Na/c1-36(2,3)32-24-30(38(7,8)28-17-13-11-14-18-28)22-26-21-27-23-31(39(9,10)29-19-15-12-16-20-29)25-33(37(4,5)6)35(27)43-44(40,41)42-34(26)32;/h11-20,22-25H,21H2,1-10H3,(H,40,41);/q;+1/p-1. The Labute approximate surface area is 292 Å². The summed E-state index contributed by atoms with van der Waals surface area (Å²) in [5, 5.41) is 0. The van der Waals surface area contributed by atoms with Gasteiger partial charge in [0.05, 0.1) is 0 Å². The molecule has 0 saturated carbocycles. The molecule has 0 fully saturated rings. The van der Waals surface area contributed by atoms with Crippen molar-refractivity contribution < 1.29 is 48.1 Å². The van der Waals surface area contributed by atoms with E-state index in [-0.39, 0.29) is 51.2 Å². The van der Waals surface area contributed by atoms with Gasteiger partial charge in [-0.1, -0.05) is 154 Å². The van der Waals surface area contributed by atoms with Crippen LogP contribution in [0.3, 0.4) is 0 Å². The van der Waals surface area contributed by atoms with Crippen LogP contribution < -0.4 is 43.5 Å². The molecule has 4 nitrogen and oxygen atoms in total. The summed E-state index contributed by atoms with van der Waals surface area (Å²) < 4.78 is 25.5. The van der Waals surface area contributed by atoms with Crippen molar-refractivity contribution in [2.24, 2.45) is 0 Å². The first kappa shape index (κ1) is 35.5. The average Bonchev–Trinajstić information content (AvgIpc) is 2.93. The summed E-state index contributed by atoms with van der Waals surface area (Å²) in [6.07, 6.45) is 0.467. The third-order valence-corrected chi connectivity index (χ3v) is 9.98. The fourth-order valence-electron chi connectivity index (χ4n) is 6.18. The first-order chi connectivity index (χ1) is 20.3. The molecule has 0 N–H and O–H groups in total. The van der Waals surface area contributed by atoms with Gasteiger partial charge in [0.1, 0.15) is 11.5 Å². The van der Waals surface area contributed by atoms with Crippen LogP contribution in [0.2, 0.25) is 0 Å². The summed E-state index contributed by atoms with van der Waals surface area (Å²) in [6.45, 7) is 21.4. The van der Waals surface area contributed by atoms with E-state index in [4.69, 9.17) is 9.05 Å². The molecule has 1 aliphatic rings. The van der Waals surface area contributed by atoms with Crippen LogP contribution in [0.25, 0.3) is 0 Å². The van der Waals surface area contributed by atoms with Crippen LogP contribution in [0.15, 0.2) is 84.9 Å². The molecule has 1 heterocycles. The molecule has 4 aromatic rings. The molecule has 1 aliphatic heterocycles. The molecule has 0 radical (unpaired) electrons. The third-order valence-electron chi connectivity index (χ3n) is 9.17. The van der Waals surface area contributed by atoms with Gasteiger partial charge < -0.3 is 13.9 Å². The Morgan fingerprint density at radius 3 is 1.20 bits per heavy atom. The van der Waals surface area contributed by atoms with Gasteiger partial charge in [-0.15, -0.1) is 0 Å². The van der Waals surface area contributed by atoms with Gasteiger partial charge in [0.2, 0.25) is 0 Å². The fraction of sp³-hybridized carbons (Fsp3) is 0.385. The third kappa shape index (κ3) is 7.16. The number of phosphoric acid groups is 1. The van der Waals surface area contributed by atoms with Crippen LogP contribution in [0.5, 0.6) is 11.5 Å². The molecule has 0 spiro atoms. The summed E-state index contributed by atoms with van der Waals surface area (Å²) in [5.41, 5.74) is 6.53. The Morgan fingerprint density at radius 2 is 0.889 bits per heavy atom. The van der Waals surface area contributed by atoms with Crippen molar-refractivity contribution in [2.45, 2.75) is 97.3 Å². The van der Waals surface area contributed by atoms with E-state index in [0.717, 1.165) is 33.4 Å². The van der Waals surface area contributed by atoms with Gasteiger partial charge in [0.15, 0.2) is 0 Å². The Kier molecular flexibility index (Phi) is 9.76. The zero-order valence-corrected chi connectivity index (χ0v) is 31.8. The smallest absolute Gasteiger partial charge is 0.736 e. The molecule has 0 amide bonds. The van der Waals surface area contributed by atoms with Crippen LogP contribution in [0, 0.1) is 0 Å². The van der Waals surface area contributed by atoms with Crippen LogP contribution in [-0.2, 0) is 32.6 Å². The number of benzene rings is 4. The second-order valence-electron chi connectivity index (χ2n) is 15.3. The molecule has 5 rings (SSSR count). The quantitative estimate of drug-likeness (QED) is 0.184. The van der Waals surface area contributed by atoms with E-state index in [1.165, 1.54) is 11.1 Å². The number of phosphoric ester groups is 1. The van der Waals surface area contributed by atoms with E-state index in [9.17, 15) is 9.46 Å². The number of hydrogen-bond acceptors (Lipinski definition) is 4. The van der Waals surface area contributed by atoms with E-state index < -0.39 is 7.82 Å². The Bertz CT molecular complexity index is 1600. The maximum absolute atomic E-state index is 13.7. The zero-order chi connectivity index (χ0) is 32.3.